The minimum Gasteiger partial charge on any atom is -0.493 e. The first-order valence-corrected chi connectivity index (χ1v) is 8.71. The summed E-state index contributed by atoms with van der Waals surface area (Å²) in [5, 5.41) is 7.90. The zero-order chi connectivity index (χ0) is 16.4. The van der Waals surface area contributed by atoms with E-state index >= 15 is 0 Å². The Morgan fingerprint density at radius 1 is 1.25 bits per heavy atom. The standard InChI is InChI=1S/C18H24N4O2/c1-23-16-6-4-14(8-17(16)24-11-13-2-3-13)9-19-15-5-7-18-20-12-21-22(18)10-15/h4,6,8,12-13,15,19H,2-3,5,7,9-11H2,1H3/t15-/m0/s1. The summed E-state index contributed by atoms with van der Waals surface area (Å²) < 4.78 is 13.4. The SMILES string of the molecule is COc1ccc(CN[C@H]2CCc3ncnn3C2)cc1OCC1CC1. The molecule has 1 aromatic heterocycles. The van der Waals surface area contributed by atoms with Crippen LogP contribution in [0.25, 0.3) is 0 Å². The van der Waals surface area contributed by atoms with Gasteiger partial charge >= 0.3 is 0 Å². The summed E-state index contributed by atoms with van der Waals surface area (Å²) in [7, 11) is 1.69. The molecular weight excluding hydrogens is 304 g/mol. The van der Waals surface area contributed by atoms with Gasteiger partial charge in [-0.25, -0.2) is 9.67 Å². The van der Waals surface area contributed by atoms with Crippen LogP contribution in [-0.2, 0) is 19.5 Å². The molecule has 4 rings (SSSR count). The number of methoxy groups -OCH3 is 1. The number of hydrogen-bond acceptors (Lipinski definition) is 5. The first-order chi connectivity index (χ1) is 11.8. The Hall–Kier alpha value is -2.08. The molecule has 1 atom stereocenters. The molecule has 1 saturated carbocycles. The van der Waals surface area contributed by atoms with E-state index in [0.29, 0.717) is 6.04 Å². The largest absolute Gasteiger partial charge is 0.493 e. The second-order valence-electron chi connectivity index (χ2n) is 6.71. The Kier molecular flexibility index (Phi) is 4.38. The molecule has 1 aliphatic carbocycles. The molecule has 0 saturated heterocycles. The van der Waals surface area contributed by atoms with Gasteiger partial charge in [-0.2, -0.15) is 5.10 Å². The van der Waals surface area contributed by atoms with Gasteiger partial charge in [-0.3, -0.25) is 0 Å². The maximum absolute atomic E-state index is 5.95. The average molecular weight is 328 g/mol. The number of rotatable bonds is 7. The monoisotopic (exact) mass is 328 g/mol. The van der Waals surface area contributed by atoms with Crippen molar-refractivity contribution in [2.75, 3.05) is 13.7 Å². The number of fused-ring (bicyclic) bond motifs is 1. The summed E-state index contributed by atoms with van der Waals surface area (Å²) in [5.74, 6) is 3.49. The Morgan fingerprint density at radius 3 is 3.00 bits per heavy atom. The zero-order valence-electron chi connectivity index (χ0n) is 14.1. The van der Waals surface area contributed by atoms with E-state index in [9.17, 15) is 0 Å². The quantitative estimate of drug-likeness (QED) is 0.844. The molecule has 1 aliphatic heterocycles. The minimum absolute atomic E-state index is 0.428. The van der Waals surface area contributed by atoms with Gasteiger partial charge in [0.15, 0.2) is 11.5 Å². The number of aryl methyl sites for hydroxylation is 1. The molecule has 0 spiro atoms. The van der Waals surface area contributed by atoms with E-state index in [1.54, 1.807) is 13.4 Å². The van der Waals surface area contributed by atoms with Crippen LogP contribution in [0.15, 0.2) is 24.5 Å². The Labute approximate surface area is 142 Å². The highest BCUT2D eigenvalue weighted by Gasteiger charge is 2.23. The molecule has 1 N–H and O–H groups in total. The van der Waals surface area contributed by atoms with Crippen molar-refractivity contribution in [2.24, 2.45) is 5.92 Å². The maximum Gasteiger partial charge on any atom is 0.161 e. The van der Waals surface area contributed by atoms with Crippen LogP contribution in [-0.4, -0.2) is 34.5 Å². The molecular formula is C18H24N4O2. The maximum atomic E-state index is 5.95. The lowest BCUT2D eigenvalue weighted by Gasteiger charge is -2.24. The highest BCUT2D eigenvalue weighted by molar-refractivity contribution is 5.43. The molecule has 2 aromatic rings. The van der Waals surface area contributed by atoms with Crippen LogP contribution in [0, 0.1) is 5.92 Å². The van der Waals surface area contributed by atoms with Crippen LogP contribution in [0.2, 0.25) is 0 Å². The van der Waals surface area contributed by atoms with Crippen molar-refractivity contribution in [3.63, 3.8) is 0 Å². The Bertz CT molecular complexity index is 696. The smallest absolute Gasteiger partial charge is 0.161 e. The third kappa shape index (κ3) is 3.53. The van der Waals surface area contributed by atoms with E-state index in [4.69, 9.17) is 9.47 Å². The van der Waals surface area contributed by atoms with E-state index in [2.05, 4.69) is 27.5 Å². The zero-order valence-corrected chi connectivity index (χ0v) is 14.1. The molecule has 0 amide bonds. The minimum atomic E-state index is 0.428. The molecule has 6 nitrogen and oxygen atoms in total. The fraction of sp³-hybridized carbons (Fsp3) is 0.556. The van der Waals surface area contributed by atoms with E-state index in [1.807, 2.05) is 10.7 Å². The van der Waals surface area contributed by atoms with Gasteiger partial charge in [0.25, 0.3) is 0 Å². The lowest BCUT2D eigenvalue weighted by molar-refractivity contribution is 0.280. The fourth-order valence-electron chi connectivity index (χ4n) is 3.10. The van der Waals surface area contributed by atoms with Gasteiger partial charge in [0.2, 0.25) is 0 Å². The molecule has 2 aliphatic rings. The molecule has 0 unspecified atom stereocenters. The third-order valence-corrected chi connectivity index (χ3v) is 4.80. The lowest BCUT2D eigenvalue weighted by Crippen LogP contribution is -2.37. The van der Waals surface area contributed by atoms with Crippen molar-refractivity contribution >= 4 is 0 Å². The normalized spacial score (nSPS) is 19.8. The summed E-state index contributed by atoms with van der Waals surface area (Å²) in [4.78, 5) is 4.27. The first-order valence-electron chi connectivity index (χ1n) is 8.71. The number of hydrogen-bond donors (Lipinski definition) is 1. The lowest BCUT2D eigenvalue weighted by atomic mass is 10.1. The van der Waals surface area contributed by atoms with E-state index in [0.717, 1.165) is 55.8 Å². The van der Waals surface area contributed by atoms with Gasteiger partial charge in [-0.1, -0.05) is 6.07 Å². The molecule has 24 heavy (non-hydrogen) atoms. The van der Waals surface area contributed by atoms with Gasteiger partial charge in [0.05, 0.1) is 20.3 Å². The molecule has 6 heteroatoms. The van der Waals surface area contributed by atoms with E-state index in [-0.39, 0.29) is 0 Å². The van der Waals surface area contributed by atoms with Crippen LogP contribution >= 0.6 is 0 Å². The van der Waals surface area contributed by atoms with Crippen LogP contribution in [0.3, 0.4) is 0 Å². The van der Waals surface area contributed by atoms with Gasteiger partial charge in [-0.15, -0.1) is 0 Å². The summed E-state index contributed by atoms with van der Waals surface area (Å²) in [6, 6.07) is 6.62. The summed E-state index contributed by atoms with van der Waals surface area (Å²) in [6.07, 6.45) is 6.30. The summed E-state index contributed by atoms with van der Waals surface area (Å²) >= 11 is 0. The first kappa shape index (κ1) is 15.4. The van der Waals surface area contributed by atoms with Crippen LogP contribution in [0.4, 0.5) is 0 Å². The number of nitrogens with one attached hydrogen (secondary N) is 1. The van der Waals surface area contributed by atoms with Gasteiger partial charge in [0.1, 0.15) is 12.2 Å². The Morgan fingerprint density at radius 2 is 2.17 bits per heavy atom. The average Bonchev–Trinajstić information content (AvgIpc) is 3.33. The predicted molar refractivity (Wildman–Crippen MR) is 90.2 cm³/mol. The second-order valence-corrected chi connectivity index (χ2v) is 6.71. The third-order valence-electron chi connectivity index (χ3n) is 4.80. The van der Waals surface area contributed by atoms with Crippen molar-refractivity contribution in [1.29, 1.82) is 0 Å². The van der Waals surface area contributed by atoms with Crippen molar-refractivity contribution in [1.82, 2.24) is 20.1 Å². The van der Waals surface area contributed by atoms with E-state index < -0.39 is 0 Å². The van der Waals surface area contributed by atoms with Crippen molar-refractivity contribution in [3.05, 3.63) is 35.9 Å². The molecule has 2 heterocycles. The topological polar surface area (TPSA) is 61.2 Å². The van der Waals surface area contributed by atoms with Gasteiger partial charge in [-0.05, 0) is 42.9 Å². The summed E-state index contributed by atoms with van der Waals surface area (Å²) in [6.45, 7) is 2.50. The molecule has 0 radical (unpaired) electrons. The second kappa shape index (κ2) is 6.81. The highest BCUT2D eigenvalue weighted by atomic mass is 16.5. The number of benzene rings is 1. The number of ether oxygens (including phenoxy) is 2. The molecule has 1 fully saturated rings. The summed E-state index contributed by atoms with van der Waals surface area (Å²) in [5.41, 5.74) is 1.21. The predicted octanol–water partition coefficient (Wildman–Crippen LogP) is 2.18. The van der Waals surface area contributed by atoms with Crippen LogP contribution < -0.4 is 14.8 Å². The van der Waals surface area contributed by atoms with Gasteiger partial charge < -0.3 is 14.8 Å². The van der Waals surface area contributed by atoms with E-state index in [1.165, 1.54) is 18.4 Å². The highest BCUT2D eigenvalue weighted by Crippen LogP contribution is 2.33. The Balaban J connectivity index is 1.36. The molecule has 0 bridgehead atoms. The number of nitrogens with zero attached hydrogens (tertiary/aromatic N) is 3. The fourth-order valence-corrected chi connectivity index (χ4v) is 3.10. The molecule has 1 aromatic carbocycles. The number of aromatic nitrogens is 3. The van der Waals surface area contributed by atoms with Gasteiger partial charge in [0, 0.05) is 19.0 Å². The van der Waals surface area contributed by atoms with Crippen molar-refractivity contribution in [3.8, 4) is 11.5 Å². The van der Waals surface area contributed by atoms with Crippen LogP contribution in [0.1, 0.15) is 30.7 Å². The molecule has 128 valence electrons. The van der Waals surface area contributed by atoms with Crippen molar-refractivity contribution in [2.45, 2.75) is 44.8 Å². The van der Waals surface area contributed by atoms with Crippen molar-refractivity contribution < 1.29 is 9.47 Å². The van der Waals surface area contributed by atoms with Crippen LogP contribution in [0.5, 0.6) is 11.5 Å².